The van der Waals surface area contributed by atoms with Crippen LogP contribution in [0.25, 0.3) is 0 Å². The number of unbranched alkanes of at least 4 members (excludes halogenated alkanes) is 1. The molecule has 0 saturated carbocycles. The van der Waals surface area contributed by atoms with Crippen molar-refractivity contribution >= 4 is 5.91 Å². The molecular weight excluding hydrogens is 290 g/mol. The van der Waals surface area contributed by atoms with Crippen LogP contribution >= 0.6 is 0 Å². The highest BCUT2D eigenvalue weighted by Gasteiger charge is 2.28. The van der Waals surface area contributed by atoms with E-state index in [9.17, 15) is 4.79 Å². The van der Waals surface area contributed by atoms with Gasteiger partial charge in [0.2, 0.25) is 5.91 Å². The van der Waals surface area contributed by atoms with E-state index in [0.717, 1.165) is 32.1 Å². The van der Waals surface area contributed by atoms with Gasteiger partial charge in [-0.1, -0.05) is 40.2 Å². The van der Waals surface area contributed by atoms with Gasteiger partial charge in [0.15, 0.2) is 0 Å². The van der Waals surface area contributed by atoms with Gasteiger partial charge in [-0.15, -0.1) is 0 Å². The second-order valence-corrected chi connectivity index (χ2v) is 7.09. The van der Waals surface area contributed by atoms with Crippen molar-refractivity contribution in [2.45, 2.75) is 77.9 Å². The molecule has 2 unspecified atom stereocenters. The Labute approximate surface area is 142 Å². The highest BCUT2D eigenvalue weighted by Crippen LogP contribution is 2.31. The third kappa shape index (κ3) is 6.64. The van der Waals surface area contributed by atoms with Crippen molar-refractivity contribution in [3.63, 3.8) is 0 Å². The summed E-state index contributed by atoms with van der Waals surface area (Å²) in [4.78, 5) is 17.0. The van der Waals surface area contributed by atoms with Crippen molar-refractivity contribution in [3.8, 4) is 0 Å². The van der Waals surface area contributed by atoms with E-state index in [4.69, 9.17) is 9.57 Å². The zero-order valence-corrected chi connectivity index (χ0v) is 15.6. The van der Waals surface area contributed by atoms with Crippen molar-refractivity contribution in [2.75, 3.05) is 14.2 Å². The molecule has 1 rings (SSSR count). The van der Waals surface area contributed by atoms with Crippen LogP contribution in [-0.2, 0) is 14.4 Å². The summed E-state index contributed by atoms with van der Waals surface area (Å²) in [7, 11) is 3.18. The highest BCUT2D eigenvalue weighted by molar-refractivity contribution is 5.77. The summed E-state index contributed by atoms with van der Waals surface area (Å²) in [5.74, 6) is 0.519. The normalized spacial score (nSPS) is 23.8. The van der Waals surface area contributed by atoms with Gasteiger partial charge in [0.25, 0.3) is 0 Å². The molecule has 4 nitrogen and oxygen atoms in total. The van der Waals surface area contributed by atoms with Crippen LogP contribution in [0.5, 0.6) is 0 Å². The first-order chi connectivity index (χ1) is 10.9. The van der Waals surface area contributed by atoms with Gasteiger partial charge in [0.1, 0.15) is 0 Å². The lowest BCUT2D eigenvalue weighted by atomic mass is 9.91. The fourth-order valence-corrected chi connectivity index (χ4v) is 3.33. The van der Waals surface area contributed by atoms with Crippen molar-refractivity contribution in [3.05, 3.63) is 12.2 Å². The predicted octanol–water partition coefficient (Wildman–Crippen LogP) is 4.35. The third-order valence-electron chi connectivity index (χ3n) is 4.86. The molecule has 0 aromatic rings. The lowest BCUT2D eigenvalue weighted by Crippen LogP contribution is -2.31. The van der Waals surface area contributed by atoms with Crippen LogP contribution in [0.3, 0.4) is 0 Å². The number of hydroxylamine groups is 2. The summed E-state index contributed by atoms with van der Waals surface area (Å²) in [5, 5.41) is 1.32. The number of rotatable bonds is 10. The Kier molecular flexibility index (Phi) is 8.85. The van der Waals surface area contributed by atoms with E-state index < -0.39 is 0 Å². The molecule has 1 aliphatic rings. The molecule has 1 heterocycles. The van der Waals surface area contributed by atoms with E-state index in [1.807, 2.05) is 6.92 Å². The zero-order valence-electron chi connectivity index (χ0n) is 15.6. The molecule has 0 aromatic heterocycles. The van der Waals surface area contributed by atoms with E-state index in [1.54, 1.807) is 7.05 Å². The second kappa shape index (κ2) is 10.1. The summed E-state index contributed by atoms with van der Waals surface area (Å²) in [6.45, 7) is 10.6. The first-order valence-electron chi connectivity index (χ1n) is 9.03. The van der Waals surface area contributed by atoms with Crippen LogP contribution in [0.4, 0.5) is 0 Å². The van der Waals surface area contributed by atoms with Gasteiger partial charge in [0, 0.05) is 13.0 Å². The van der Waals surface area contributed by atoms with Crippen LogP contribution in [0.15, 0.2) is 12.2 Å². The second-order valence-electron chi connectivity index (χ2n) is 7.09. The topological polar surface area (TPSA) is 38.8 Å². The predicted molar refractivity (Wildman–Crippen MR) is 93.9 cm³/mol. The minimum absolute atomic E-state index is 0.0139. The van der Waals surface area contributed by atoms with Crippen LogP contribution in [0, 0.1) is 11.8 Å². The molecule has 0 bridgehead atoms. The fraction of sp³-hybridized carbons (Fsp3) is 0.842. The maximum absolute atomic E-state index is 12.0. The molecule has 0 spiro atoms. The van der Waals surface area contributed by atoms with Crippen molar-refractivity contribution in [1.82, 2.24) is 5.06 Å². The quantitative estimate of drug-likeness (QED) is 0.443. The number of carbonyl (C=O) groups is 1. The maximum atomic E-state index is 12.0. The van der Waals surface area contributed by atoms with Crippen molar-refractivity contribution in [2.24, 2.45) is 11.8 Å². The number of amides is 1. The van der Waals surface area contributed by atoms with E-state index in [1.165, 1.54) is 30.6 Å². The lowest BCUT2D eigenvalue weighted by molar-refractivity contribution is -0.173. The largest absolute Gasteiger partial charge is 0.370 e. The van der Waals surface area contributed by atoms with E-state index in [0.29, 0.717) is 12.0 Å². The molecule has 134 valence electrons. The van der Waals surface area contributed by atoms with Crippen molar-refractivity contribution < 1.29 is 14.4 Å². The van der Waals surface area contributed by atoms with Gasteiger partial charge >= 0.3 is 0 Å². The van der Waals surface area contributed by atoms with Gasteiger partial charge in [0.05, 0.1) is 19.3 Å². The smallest absolute Gasteiger partial charge is 0.248 e. The fourth-order valence-electron chi connectivity index (χ4n) is 3.33. The highest BCUT2D eigenvalue weighted by atomic mass is 16.7. The first-order valence-corrected chi connectivity index (χ1v) is 9.03. The van der Waals surface area contributed by atoms with Gasteiger partial charge in [-0.25, -0.2) is 5.06 Å². The lowest BCUT2D eigenvalue weighted by Gasteiger charge is -2.22. The minimum Gasteiger partial charge on any atom is -0.370 e. The van der Waals surface area contributed by atoms with E-state index in [-0.39, 0.29) is 17.9 Å². The summed E-state index contributed by atoms with van der Waals surface area (Å²) in [6.07, 6.45) is 8.17. The molecule has 0 aliphatic carbocycles. The average molecular weight is 325 g/mol. The molecular formula is C19H35NO3. The molecule has 0 radical (unpaired) electrons. The molecule has 0 N–H and O–H groups in total. The number of hydrogen-bond acceptors (Lipinski definition) is 3. The number of hydrogen-bond donors (Lipinski definition) is 0. The Morgan fingerprint density at radius 3 is 2.74 bits per heavy atom. The van der Waals surface area contributed by atoms with Gasteiger partial charge in [-0.05, 0) is 43.6 Å². The summed E-state index contributed by atoms with van der Waals surface area (Å²) >= 11 is 0. The Hall–Kier alpha value is -0.870. The van der Waals surface area contributed by atoms with Crippen LogP contribution in [-0.4, -0.2) is 37.3 Å². The number of ether oxygens (including phenoxy) is 1. The molecule has 1 aliphatic heterocycles. The molecule has 4 heteroatoms. The SMILES string of the molecule is C=C1C[C@H](CCCC)OC1CC[C@@H](C)CC(C)C(=O)N(C)OC. The molecule has 1 fully saturated rings. The van der Waals surface area contributed by atoms with Crippen LogP contribution in [0.1, 0.15) is 65.7 Å². The van der Waals surface area contributed by atoms with Gasteiger partial charge in [-0.3, -0.25) is 9.63 Å². The standard InChI is InChI=1S/C19H35NO3/c1-7-8-9-17-13-15(3)18(23-17)11-10-14(2)12-16(4)19(21)20(5)22-6/h14,16-18H,3,7-13H2,1-2,4-6H3/t14-,16?,17+,18?/m1/s1. The van der Waals surface area contributed by atoms with E-state index in [2.05, 4.69) is 20.4 Å². The van der Waals surface area contributed by atoms with Crippen LogP contribution < -0.4 is 0 Å². The number of carbonyl (C=O) groups excluding carboxylic acids is 1. The summed E-state index contributed by atoms with van der Waals surface area (Å²) in [6, 6.07) is 0. The van der Waals surface area contributed by atoms with Crippen molar-refractivity contribution in [1.29, 1.82) is 0 Å². The van der Waals surface area contributed by atoms with E-state index >= 15 is 0 Å². The summed E-state index contributed by atoms with van der Waals surface area (Å²) < 4.78 is 6.14. The molecule has 0 aromatic carbocycles. The Morgan fingerprint density at radius 2 is 2.13 bits per heavy atom. The Balaban J connectivity index is 2.31. The van der Waals surface area contributed by atoms with Gasteiger partial charge < -0.3 is 4.74 Å². The monoisotopic (exact) mass is 325 g/mol. The minimum atomic E-state index is -0.0139. The average Bonchev–Trinajstić information content (AvgIpc) is 2.89. The number of nitrogens with zero attached hydrogens (tertiary/aromatic N) is 1. The maximum Gasteiger partial charge on any atom is 0.248 e. The molecule has 1 saturated heterocycles. The zero-order chi connectivity index (χ0) is 17.4. The van der Waals surface area contributed by atoms with Gasteiger partial charge in [-0.2, -0.15) is 0 Å². The van der Waals surface area contributed by atoms with Crippen LogP contribution in [0.2, 0.25) is 0 Å². The molecule has 23 heavy (non-hydrogen) atoms. The first kappa shape index (κ1) is 20.2. The molecule has 4 atom stereocenters. The Bertz CT molecular complexity index is 383. The Morgan fingerprint density at radius 1 is 1.43 bits per heavy atom. The summed E-state index contributed by atoms with van der Waals surface area (Å²) in [5.41, 5.74) is 1.25. The third-order valence-corrected chi connectivity index (χ3v) is 4.86. The molecule has 1 amide bonds.